The summed E-state index contributed by atoms with van der Waals surface area (Å²) >= 11 is 0. The van der Waals surface area contributed by atoms with E-state index in [0.29, 0.717) is 0 Å². The lowest BCUT2D eigenvalue weighted by molar-refractivity contribution is 0.244. The highest BCUT2D eigenvalue weighted by Crippen LogP contribution is 2.07. The summed E-state index contributed by atoms with van der Waals surface area (Å²) in [6.07, 6.45) is 1.06. The second kappa shape index (κ2) is 5.97. The first-order valence-electron chi connectivity index (χ1n) is 5.95. The maximum Gasteiger partial charge on any atom is 0.115 e. The molecule has 3 heteroatoms. The number of piperazine rings is 1. The van der Waals surface area contributed by atoms with E-state index in [9.17, 15) is 4.39 Å². The van der Waals surface area contributed by atoms with Crippen molar-refractivity contribution in [3.8, 4) is 0 Å². The Labute approximate surface area is 96.5 Å². The van der Waals surface area contributed by atoms with Crippen molar-refractivity contribution in [3.05, 3.63) is 35.4 Å². The van der Waals surface area contributed by atoms with Crippen LogP contribution in [0.3, 0.4) is 0 Å². The van der Waals surface area contributed by atoms with Gasteiger partial charge in [-0.1, -0.05) is 24.3 Å². The van der Waals surface area contributed by atoms with Crippen LogP contribution < -0.4 is 5.32 Å². The van der Waals surface area contributed by atoms with E-state index in [-0.39, 0.29) is 6.67 Å². The number of halogens is 1. The second-order valence-corrected chi connectivity index (χ2v) is 4.29. The first-order chi connectivity index (χ1) is 7.88. The zero-order valence-corrected chi connectivity index (χ0v) is 9.58. The van der Waals surface area contributed by atoms with Gasteiger partial charge in [0.05, 0.1) is 0 Å². The minimum atomic E-state index is -0.363. The molecular formula is C13H19FN2. The summed E-state index contributed by atoms with van der Waals surface area (Å²) in [5, 5.41) is 3.34. The fourth-order valence-electron chi connectivity index (χ4n) is 2.02. The van der Waals surface area contributed by atoms with Gasteiger partial charge in [-0.25, -0.2) is 4.39 Å². The highest BCUT2D eigenvalue weighted by Gasteiger charge is 2.08. The van der Waals surface area contributed by atoms with Crippen molar-refractivity contribution >= 4 is 0 Å². The molecule has 1 aromatic rings. The van der Waals surface area contributed by atoms with Crippen molar-refractivity contribution in [1.82, 2.24) is 10.2 Å². The molecule has 0 atom stereocenters. The summed E-state index contributed by atoms with van der Waals surface area (Å²) in [7, 11) is 0. The lowest BCUT2D eigenvalue weighted by Gasteiger charge is -2.27. The van der Waals surface area contributed by atoms with Crippen LogP contribution in [0.15, 0.2) is 24.3 Å². The number of rotatable bonds is 4. The smallest absolute Gasteiger partial charge is 0.115 e. The van der Waals surface area contributed by atoms with Gasteiger partial charge in [0, 0.05) is 32.7 Å². The quantitative estimate of drug-likeness (QED) is 0.832. The molecule has 0 amide bonds. The summed E-state index contributed by atoms with van der Waals surface area (Å²) in [4.78, 5) is 2.47. The van der Waals surface area contributed by atoms with E-state index in [0.717, 1.165) is 44.7 Å². The van der Waals surface area contributed by atoms with Crippen molar-refractivity contribution in [2.24, 2.45) is 0 Å². The summed E-state index contributed by atoms with van der Waals surface area (Å²) < 4.78 is 12.3. The van der Waals surface area contributed by atoms with E-state index in [1.165, 1.54) is 5.56 Å². The molecule has 16 heavy (non-hydrogen) atoms. The average molecular weight is 222 g/mol. The standard InChI is InChI=1S/C13H19FN2/c14-11-13-3-1-12(2-4-13)5-8-16-9-6-15-7-10-16/h1-4,15H,5-11H2. The molecule has 0 aliphatic carbocycles. The van der Waals surface area contributed by atoms with Gasteiger partial charge in [0.15, 0.2) is 0 Å². The number of hydrogen-bond donors (Lipinski definition) is 1. The Hall–Kier alpha value is -0.930. The topological polar surface area (TPSA) is 15.3 Å². The SMILES string of the molecule is FCc1ccc(CCN2CCNCC2)cc1. The zero-order valence-electron chi connectivity index (χ0n) is 9.58. The molecule has 0 unspecified atom stereocenters. The van der Waals surface area contributed by atoms with Gasteiger partial charge in [-0.2, -0.15) is 0 Å². The van der Waals surface area contributed by atoms with Gasteiger partial charge >= 0.3 is 0 Å². The molecule has 2 rings (SSSR count). The summed E-state index contributed by atoms with van der Waals surface area (Å²) in [5.41, 5.74) is 2.07. The zero-order chi connectivity index (χ0) is 11.2. The van der Waals surface area contributed by atoms with E-state index in [1.807, 2.05) is 24.3 Å². The van der Waals surface area contributed by atoms with Gasteiger partial charge in [-0.3, -0.25) is 0 Å². The lowest BCUT2D eigenvalue weighted by Crippen LogP contribution is -2.44. The number of alkyl halides is 1. The van der Waals surface area contributed by atoms with Crippen molar-refractivity contribution in [2.45, 2.75) is 13.1 Å². The highest BCUT2D eigenvalue weighted by molar-refractivity contribution is 5.22. The molecule has 2 nitrogen and oxygen atoms in total. The molecule has 0 spiro atoms. The van der Waals surface area contributed by atoms with E-state index in [4.69, 9.17) is 0 Å². The van der Waals surface area contributed by atoms with Crippen LogP contribution in [0.2, 0.25) is 0 Å². The van der Waals surface area contributed by atoms with Crippen LogP contribution >= 0.6 is 0 Å². The largest absolute Gasteiger partial charge is 0.314 e. The molecule has 0 aromatic heterocycles. The van der Waals surface area contributed by atoms with Crippen LogP contribution in [-0.4, -0.2) is 37.6 Å². The minimum Gasteiger partial charge on any atom is -0.314 e. The molecule has 88 valence electrons. The van der Waals surface area contributed by atoms with E-state index in [1.54, 1.807) is 0 Å². The molecule has 1 aliphatic heterocycles. The van der Waals surface area contributed by atoms with Crippen LogP contribution in [0.4, 0.5) is 4.39 Å². The maximum atomic E-state index is 12.3. The Morgan fingerprint density at radius 1 is 1.06 bits per heavy atom. The molecule has 1 aromatic carbocycles. The Morgan fingerprint density at radius 2 is 1.69 bits per heavy atom. The molecule has 0 bridgehead atoms. The monoisotopic (exact) mass is 222 g/mol. The molecule has 0 radical (unpaired) electrons. The van der Waals surface area contributed by atoms with Crippen molar-refractivity contribution in [1.29, 1.82) is 0 Å². The van der Waals surface area contributed by atoms with Crippen molar-refractivity contribution in [3.63, 3.8) is 0 Å². The molecule has 1 N–H and O–H groups in total. The molecule has 1 fully saturated rings. The fourth-order valence-corrected chi connectivity index (χ4v) is 2.02. The third-order valence-electron chi connectivity index (χ3n) is 3.10. The van der Waals surface area contributed by atoms with Crippen LogP contribution in [0.1, 0.15) is 11.1 Å². The van der Waals surface area contributed by atoms with E-state index in [2.05, 4.69) is 10.2 Å². The van der Waals surface area contributed by atoms with Gasteiger partial charge in [0.2, 0.25) is 0 Å². The van der Waals surface area contributed by atoms with Crippen LogP contribution in [0.25, 0.3) is 0 Å². The number of nitrogens with one attached hydrogen (secondary N) is 1. The van der Waals surface area contributed by atoms with Gasteiger partial charge in [0.1, 0.15) is 6.67 Å². The van der Waals surface area contributed by atoms with E-state index < -0.39 is 0 Å². The summed E-state index contributed by atoms with van der Waals surface area (Å²) in [6.45, 7) is 5.22. The third-order valence-corrected chi connectivity index (χ3v) is 3.10. The number of hydrogen-bond acceptors (Lipinski definition) is 2. The van der Waals surface area contributed by atoms with Gasteiger partial charge < -0.3 is 10.2 Å². The summed E-state index contributed by atoms with van der Waals surface area (Å²) in [5.74, 6) is 0. The Kier molecular flexibility index (Phi) is 4.31. The Balaban J connectivity index is 1.79. The molecule has 1 aliphatic rings. The summed E-state index contributed by atoms with van der Waals surface area (Å²) in [6, 6.07) is 7.84. The second-order valence-electron chi connectivity index (χ2n) is 4.29. The Bertz CT molecular complexity index is 304. The van der Waals surface area contributed by atoms with Crippen molar-refractivity contribution < 1.29 is 4.39 Å². The predicted octanol–water partition coefficient (Wildman–Crippen LogP) is 1.60. The normalized spacial score (nSPS) is 17.6. The highest BCUT2D eigenvalue weighted by atomic mass is 19.1. The van der Waals surface area contributed by atoms with Crippen LogP contribution in [0.5, 0.6) is 0 Å². The molecular weight excluding hydrogens is 203 g/mol. The average Bonchev–Trinajstić information content (AvgIpc) is 2.38. The van der Waals surface area contributed by atoms with Crippen LogP contribution in [-0.2, 0) is 13.1 Å². The van der Waals surface area contributed by atoms with E-state index >= 15 is 0 Å². The van der Waals surface area contributed by atoms with Crippen LogP contribution in [0, 0.1) is 0 Å². The molecule has 1 saturated heterocycles. The molecule has 1 heterocycles. The fraction of sp³-hybridized carbons (Fsp3) is 0.538. The Morgan fingerprint density at radius 3 is 2.31 bits per heavy atom. The first-order valence-corrected chi connectivity index (χ1v) is 5.95. The predicted molar refractivity (Wildman–Crippen MR) is 64.3 cm³/mol. The number of benzene rings is 1. The van der Waals surface area contributed by atoms with Crippen molar-refractivity contribution in [2.75, 3.05) is 32.7 Å². The van der Waals surface area contributed by atoms with Gasteiger partial charge in [-0.15, -0.1) is 0 Å². The third kappa shape index (κ3) is 3.29. The van der Waals surface area contributed by atoms with Gasteiger partial charge in [0.25, 0.3) is 0 Å². The minimum absolute atomic E-state index is 0.363. The maximum absolute atomic E-state index is 12.3. The first kappa shape index (κ1) is 11.6. The molecule has 0 saturated carbocycles. The lowest BCUT2D eigenvalue weighted by atomic mass is 10.1. The number of nitrogens with zero attached hydrogens (tertiary/aromatic N) is 1. The van der Waals surface area contributed by atoms with Gasteiger partial charge in [-0.05, 0) is 17.5 Å².